The van der Waals surface area contributed by atoms with Crippen molar-refractivity contribution in [3.8, 4) is 22.3 Å². The van der Waals surface area contributed by atoms with Crippen molar-refractivity contribution in [3.63, 3.8) is 0 Å². The number of hydrogen-bond acceptors (Lipinski definition) is 4. The minimum absolute atomic E-state index is 0.420. The Morgan fingerprint density at radius 1 is 0.893 bits per heavy atom. The van der Waals surface area contributed by atoms with E-state index in [0.29, 0.717) is 18.5 Å². The molecule has 3 aromatic carbocycles. The molecule has 0 unspecified atom stereocenters. The summed E-state index contributed by atoms with van der Waals surface area (Å²) in [6.07, 6.45) is 3.01. The fraction of sp³-hybridized carbons (Fsp3) is 0.130. The standard InChI is InChI=1S/C23H18NO3Si/c25-16-24-15-7-12-19-13-14-20(23(26)27-28)22(18-10-5-2-6-11-18)21(19)17-8-3-1-4-9-17/h1-6,8-11,13-14H,7,12,15H2. The predicted molar refractivity (Wildman–Crippen MR) is 110 cm³/mol. The van der Waals surface area contributed by atoms with E-state index < -0.39 is 5.97 Å². The lowest BCUT2D eigenvalue weighted by Gasteiger charge is -2.19. The molecule has 4 nitrogen and oxygen atoms in total. The van der Waals surface area contributed by atoms with Crippen LogP contribution in [0.1, 0.15) is 22.3 Å². The molecular formula is C23H18NO3Si. The van der Waals surface area contributed by atoms with Crippen LogP contribution in [-0.4, -0.2) is 29.1 Å². The van der Waals surface area contributed by atoms with Crippen molar-refractivity contribution >= 4 is 22.5 Å². The summed E-state index contributed by atoms with van der Waals surface area (Å²) in [6, 6.07) is 23.5. The topological polar surface area (TPSA) is 55.7 Å². The summed E-state index contributed by atoms with van der Waals surface area (Å²) >= 11 is 0. The van der Waals surface area contributed by atoms with Crippen molar-refractivity contribution < 1.29 is 14.0 Å². The summed E-state index contributed by atoms with van der Waals surface area (Å²) in [7, 11) is 2.87. The van der Waals surface area contributed by atoms with E-state index >= 15 is 0 Å². The van der Waals surface area contributed by atoms with Gasteiger partial charge in [-0.1, -0.05) is 66.7 Å². The van der Waals surface area contributed by atoms with E-state index in [2.05, 4.69) is 15.5 Å². The molecule has 0 atom stereocenters. The minimum Gasteiger partial charge on any atom is -0.513 e. The summed E-state index contributed by atoms with van der Waals surface area (Å²) in [5, 5.41) is 0. The van der Waals surface area contributed by atoms with Gasteiger partial charge in [0, 0.05) is 5.56 Å². The van der Waals surface area contributed by atoms with Gasteiger partial charge in [0.05, 0.1) is 12.1 Å². The lowest BCUT2D eigenvalue weighted by molar-refractivity contribution is 0.0750. The van der Waals surface area contributed by atoms with Crippen molar-refractivity contribution in [1.29, 1.82) is 0 Å². The van der Waals surface area contributed by atoms with Crippen LogP contribution >= 0.6 is 0 Å². The number of aryl methyl sites for hydroxylation is 1. The first-order chi connectivity index (χ1) is 13.8. The fourth-order valence-corrected chi connectivity index (χ4v) is 3.42. The molecule has 137 valence electrons. The molecule has 0 fully saturated rings. The molecular weight excluding hydrogens is 366 g/mol. The van der Waals surface area contributed by atoms with E-state index in [9.17, 15) is 9.59 Å². The number of aliphatic imine (C=N–C) groups is 1. The van der Waals surface area contributed by atoms with Crippen molar-refractivity contribution in [2.45, 2.75) is 12.8 Å². The second kappa shape index (κ2) is 9.60. The highest BCUT2D eigenvalue weighted by atomic mass is 28.2. The van der Waals surface area contributed by atoms with Gasteiger partial charge < -0.3 is 4.43 Å². The maximum atomic E-state index is 12.5. The largest absolute Gasteiger partial charge is 0.513 e. The zero-order valence-electron chi connectivity index (χ0n) is 15.2. The van der Waals surface area contributed by atoms with Gasteiger partial charge in [0.1, 0.15) is 0 Å². The molecule has 0 saturated carbocycles. The van der Waals surface area contributed by atoms with Gasteiger partial charge in [0.15, 0.2) is 0 Å². The van der Waals surface area contributed by atoms with Crippen LogP contribution in [0.3, 0.4) is 0 Å². The van der Waals surface area contributed by atoms with Crippen molar-refractivity contribution in [1.82, 2.24) is 0 Å². The number of rotatable bonds is 7. The van der Waals surface area contributed by atoms with Crippen LogP contribution in [0.15, 0.2) is 77.8 Å². The summed E-state index contributed by atoms with van der Waals surface area (Å²) in [5.41, 5.74) is 5.31. The molecule has 28 heavy (non-hydrogen) atoms. The van der Waals surface area contributed by atoms with Crippen LogP contribution in [0.5, 0.6) is 0 Å². The molecule has 0 aromatic heterocycles. The molecule has 0 N–H and O–H groups in total. The smallest absolute Gasteiger partial charge is 0.345 e. The lowest BCUT2D eigenvalue weighted by Crippen LogP contribution is -2.07. The van der Waals surface area contributed by atoms with Gasteiger partial charge >= 0.3 is 16.5 Å². The van der Waals surface area contributed by atoms with Gasteiger partial charge in [-0.05, 0) is 41.2 Å². The molecule has 3 rings (SSSR count). The second-order valence-electron chi connectivity index (χ2n) is 6.22. The minimum atomic E-state index is -0.454. The fourth-order valence-electron chi connectivity index (χ4n) is 3.31. The molecule has 0 aliphatic carbocycles. The van der Waals surface area contributed by atoms with Crippen LogP contribution in [0.4, 0.5) is 0 Å². The van der Waals surface area contributed by atoms with E-state index in [0.717, 1.165) is 34.2 Å². The quantitative estimate of drug-likeness (QED) is 0.260. The number of hydrogen-bond donors (Lipinski definition) is 0. The third kappa shape index (κ3) is 4.34. The molecule has 0 heterocycles. The Hall–Kier alpha value is -3.27. The van der Waals surface area contributed by atoms with Gasteiger partial charge in [0.25, 0.3) is 0 Å². The molecule has 0 spiro atoms. The number of benzene rings is 3. The van der Waals surface area contributed by atoms with Crippen LogP contribution in [0.2, 0.25) is 0 Å². The molecule has 0 amide bonds. The Labute approximate surface area is 167 Å². The summed E-state index contributed by atoms with van der Waals surface area (Å²) in [4.78, 5) is 26.5. The molecule has 3 radical (unpaired) electrons. The normalized spacial score (nSPS) is 10.2. The number of nitrogens with zero attached hydrogens (tertiary/aromatic N) is 1. The van der Waals surface area contributed by atoms with Crippen LogP contribution < -0.4 is 0 Å². The highest BCUT2D eigenvalue weighted by Crippen LogP contribution is 2.38. The lowest BCUT2D eigenvalue weighted by atomic mass is 9.85. The van der Waals surface area contributed by atoms with Gasteiger partial charge in [-0.3, -0.25) is 0 Å². The molecule has 0 saturated heterocycles. The molecule has 0 aliphatic heterocycles. The Morgan fingerprint density at radius 3 is 2.07 bits per heavy atom. The summed E-state index contributed by atoms with van der Waals surface area (Å²) in [5.74, 6) is -0.454. The Morgan fingerprint density at radius 2 is 1.50 bits per heavy atom. The molecule has 0 bridgehead atoms. The van der Waals surface area contributed by atoms with E-state index in [1.165, 1.54) is 0 Å². The zero-order valence-corrected chi connectivity index (χ0v) is 16.2. The average molecular weight is 384 g/mol. The average Bonchev–Trinajstić information content (AvgIpc) is 2.77. The van der Waals surface area contributed by atoms with Crippen LogP contribution in [-0.2, 0) is 15.6 Å². The summed E-state index contributed by atoms with van der Waals surface area (Å²) < 4.78 is 4.85. The first-order valence-electron chi connectivity index (χ1n) is 8.94. The predicted octanol–water partition coefficient (Wildman–Crippen LogP) is 4.53. The Bertz CT molecular complexity index is 997. The number of carbonyl (C=O) groups excluding carboxylic acids is 2. The SMILES string of the molecule is O=C=NCCCc1ccc(C(=O)O[Si])c(-c2ccccc2)c1-c1ccccc1. The highest BCUT2D eigenvalue weighted by Gasteiger charge is 2.20. The van der Waals surface area contributed by atoms with Crippen molar-refractivity contribution in [2.24, 2.45) is 4.99 Å². The Balaban J connectivity index is 2.24. The van der Waals surface area contributed by atoms with Crippen LogP contribution in [0, 0.1) is 0 Å². The maximum Gasteiger partial charge on any atom is 0.345 e. The zero-order chi connectivity index (χ0) is 19.8. The molecule has 5 heteroatoms. The first kappa shape index (κ1) is 19.5. The van der Waals surface area contributed by atoms with Gasteiger partial charge in [-0.2, -0.15) is 0 Å². The monoisotopic (exact) mass is 384 g/mol. The third-order valence-electron chi connectivity index (χ3n) is 4.51. The van der Waals surface area contributed by atoms with E-state index in [1.54, 1.807) is 12.1 Å². The molecule has 3 aromatic rings. The third-order valence-corrected chi connectivity index (χ3v) is 4.70. The second-order valence-corrected chi connectivity index (χ2v) is 6.42. The van der Waals surface area contributed by atoms with E-state index in [-0.39, 0.29) is 0 Å². The van der Waals surface area contributed by atoms with Crippen molar-refractivity contribution in [3.05, 3.63) is 83.9 Å². The van der Waals surface area contributed by atoms with Crippen LogP contribution in [0.25, 0.3) is 22.3 Å². The highest BCUT2D eigenvalue weighted by molar-refractivity contribution is 6.12. The summed E-state index contributed by atoms with van der Waals surface area (Å²) in [6.45, 7) is 0.420. The number of isocyanates is 1. The van der Waals surface area contributed by atoms with E-state index in [1.807, 2.05) is 66.7 Å². The first-order valence-corrected chi connectivity index (χ1v) is 9.35. The number of carbonyl (C=O) groups is 1. The van der Waals surface area contributed by atoms with Gasteiger partial charge in [0.2, 0.25) is 6.08 Å². The Kier molecular flexibility index (Phi) is 6.68. The van der Waals surface area contributed by atoms with E-state index in [4.69, 9.17) is 4.43 Å². The molecule has 0 aliphatic rings. The van der Waals surface area contributed by atoms with Gasteiger partial charge in [-0.15, -0.1) is 0 Å². The van der Waals surface area contributed by atoms with Gasteiger partial charge in [-0.25, -0.2) is 14.6 Å². The van der Waals surface area contributed by atoms with Crippen molar-refractivity contribution in [2.75, 3.05) is 6.54 Å². The maximum absolute atomic E-state index is 12.5.